The smallest absolute Gasteiger partial charge is 0.0576 e. The molecule has 0 radical (unpaired) electrons. The fraction of sp³-hybridized carbons (Fsp3) is 0.0909. The zero-order chi connectivity index (χ0) is 22.0. The zero-order valence-corrected chi connectivity index (χ0v) is 18.7. The molecule has 2 heterocycles. The SMILES string of the molecule is c1ccc2c(c1)Cc1c-2ccc2c1-n1c3ccc4c(c3c3cccc(c31)C2)Cc1ccccc1-4. The Kier molecular flexibility index (Phi) is 3.00. The van der Waals surface area contributed by atoms with Gasteiger partial charge >= 0.3 is 0 Å². The lowest BCUT2D eigenvalue weighted by molar-refractivity contribution is 1.02. The molecule has 2 aliphatic carbocycles. The molecule has 0 amide bonds. The van der Waals surface area contributed by atoms with Crippen molar-refractivity contribution in [2.24, 2.45) is 0 Å². The maximum Gasteiger partial charge on any atom is 0.0576 e. The quantitative estimate of drug-likeness (QED) is 0.231. The second kappa shape index (κ2) is 5.87. The van der Waals surface area contributed by atoms with E-state index in [-0.39, 0.29) is 0 Å². The summed E-state index contributed by atoms with van der Waals surface area (Å²) in [6.45, 7) is 0. The van der Waals surface area contributed by atoms with Gasteiger partial charge in [0.05, 0.1) is 16.7 Å². The normalized spacial score (nSPS) is 14.1. The Bertz CT molecular complexity index is 1880. The lowest BCUT2D eigenvalue weighted by atomic mass is 9.92. The van der Waals surface area contributed by atoms with Gasteiger partial charge < -0.3 is 4.57 Å². The molecule has 1 nitrogen and oxygen atoms in total. The van der Waals surface area contributed by atoms with Crippen LogP contribution in [0.25, 0.3) is 49.7 Å². The van der Waals surface area contributed by atoms with Gasteiger partial charge in [-0.05, 0) is 68.1 Å². The first-order valence-corrected chi connectivity index (χ1v) is 12.3. The lowest BCUT2D eigenvalue weighted by Gasteiger charge is -2.24. The fourth-order valence-electron chi connectivity index (χ4n) is 7.11. The third-order valence-electron chi connectivity index (χ3n) is 8.46. The van der Waals surface area contributed by atoms with Crippen molar-refractivity contribution in [2.75, 3.05) is 0 Å². The predicted octanol–water partition coefficient (Wildman–Crippen LogP) is 7.83. The van der Waals surface area contributed by atoms with Crippen LogP contribution in [0.1, 0.15) is 33.4 Å². The molecule has 0 N–H and O–H groups in total. The molecular formula is C33H21N. The molecule has 0 unspecified atom stereocenters. The molecule has 0 saturated heterocycles. The number of rotatable bonds is 0. The van der Waals surface area contributed by atoms with E-state index >= 15 is 0 Å². The first-order valence-electron chi connectivity index (χ1n) is 12.3. The van der Waals surface area contributed by atoms with Crippen molar-refractivity contribution in [3.05, 3.63) is 124 Å². The Morgan fingerprint density at radius 1 is 0.471 bits per heavy atom. The van der Waals surface area contributed by atoms with Gasteiger partial charge in [0.1, 0.15) is 0 Å². The van der Waals surface area contributed by atoms with Crippen LogP contribution in [0.2, 0.25) is 0 Å². The minimum Gasteiger partial charge on any atom is -0.308 e. The number of hydrogen-bond acceptors (Lipinski definition) is 0. The molecule has 6 aromatic rings. The zero-order valence-electron chi connectivity index (χ0n) is 18.7. The minimum atomic E-state index is 1.01. The van der Waals surface area contributed by atoms with E-state index in [4.69, 9.17) is 0 Å². The van der Waals surface area contributed by atoms with Crippen LogP contribution in [0.4, 0.5) is 0 Å². The molecule has 1 heteroatoms. The number of para-hydroxylation sites is 1. The molecule has 0 bridgehead atoms. The predicted molar refractivity (Wildman–Crippen MR) is 140 cm³/mol. The van der Waals surface area contributed by atoms with E-state index in [0.29, 0.717) is 0 Å². The van der Waals surface area contributed by atoms with Crippen LogP contribution in [0.15, 0.2) is 91.0 Å². The Labute approximate surface area is 197 Å². The van der Waals surface area contributed by atoms with Crippen LogP contribution in [-0.4, -0.2) is 4.57 Å². The topological polar surface area (TPSA) is 4.93 Å². The van der Waals surface area contributed by atoms with E-state index in [2.05, 4.69) is 95.6 Å². The summed E-state index contributed by atoms with van der Waals surface area (Å²) in [4.78, 5) is 0. The van der Waals surface area contributed by atoms with Crippen LogP contribution in [0, 0.1) is 0 Å². The molecule has 5 aromatic carbocycles. The summed E-state index contributed by atoms with van der Waals surface area (Å²) in [7, 11) is 0. The van der Waals surface area contributed by atoms with Gasteiger partial charge in [0.15, 0.2) is 0 Å². The Balaban J connectivity index is 1.43. The molecule has 3 aliphatic rings. The average Bonchev–Trinajstić information content (AvgIpc) is 3.54. The van der Waals surface area contributed by atoms with Crippen molar-refractivity contribution in [3.8, 4) is 27.9 Å². The minimum absolute atomic E-state index is 1.01. The van der Waals surface area contributed by atoms with Crippen molar-refractivity contribution in [1.82, 2.24) is 4.57 Å². The van der Waals surface area contributed by atoms with Crippen LogP contribution in [-0.2, 0) is 19.3 Å². The highest BCUT2D eigenvalue weighted by atomic mass is 15.0. The van der Waals surface area contributed by atoms with Crippen LogP contribution < -0.4 is 0 Å². The summed E-state index contributed by atoms with van der Waals surface area (Å²) in [6, 6.07) is 34.3. The van der Waals surface area contributed by atoms with Gasteiger partial charge in [-0.15, -0.1) is 0 Å². The highest BCUT2D eigenvalue weighted by molar-refractivity contribution is 6.15. The van der Waals surface area contributed by atoms with Crippen LogP contribution in [0.3, 0.4) is 0 Å². The van der Waals surface area contributed by atoms with Crippen molar-refractivity contribution in [3.63, 3.8) is 0 Å². The van der Waals surface area contributed by atoms with Crippen molar-refractivity contribution >= 4 is 21.8 Å². The molecule has 158 valence electrons. The van der Waals surface area contributed by atoms with Gasteiger partial charge in [-0.1, -0.05) is 84.9 Å². The van der Waals surface area contributed by atoms with E-state index in [9.17, 15) is 0 Å². The molecular weight excluding hydrogens is 410 g/mol. The number of hydrogen-bond donors (Lipinski definition) is 0. The lowest BCUT2D eigenvalue weighted by Crippen LogP contribution is -2.10. The fourth-order valence-corrected chi connectivity index (χ4v) is 7.11. The molecule has 0 fully saturated rings. The molecule has 0 spiro atoms. The summed E-state index contributed by atoms with van der Waals surface area (Å²) >= 11 is 0. The van der Waals surface area contributed by atoms with E-state index in [1.54, 1.807) is 0 Å². The third-order valence-corrected chi connectivity index (χ3v) is 8.46. The largest absolute Gasteiger partial charge is 0.308 e. The molecule has 34 heavy (non-hydrogen) atoms. The van der Waals surface area contributed by atoms with E-state index in [0.717, 1.165) is 19.3 Å². The first kappa shape index (κ1) is 17.4. The number of benzene rings is 5. The Morgan fingerprint density at radius 2 is 1.15 bits per heavy atom. The van der Waals surface area contributed by atoms with E-state index in [1.165, 1.54) is 83.1 Å². The molecule has 9 rings (SSSR count). The van der Waals surface area contributed by atoms with Gasteiger partial charge in [0.25, 0.3) is 0 Å². The summed E-state index contributed by atoms with van der Waals surface area (Å²) in [6.07, 6.45) is 3.06. The standard InChI is InChI=1S/C33H21N/c1-3-9-23-19(6-1)17-28-25(23)14-15-30-31(28)27-11-5-8-21-16-22-12-13-26-24-10-4-2-7-20(24)18-29(26)33(22)34(30)32(21)27/h1-15H,16-18H2. The maximum atomic E-state index is 2.62. The van der Waals surface area contributed by atoms with Gasteiger partial charge in [0.2, 0.25) is 0 Å². The van der Waals surface area contributed by atoms with Gasteiger partial charge in [-0.25, -0.2) is 0 Å². The summed E-state index contributed by atoms with van der Waals surface area (Å²) in [5.74, 6) is 0. The summed E-state index contributed by atoms with van der Waals surface area (Å²) < 4.78 is 2.62. The van der Waals surface area contributed by atoms with Crippen molar-refractivity contribution in [1.29, 1.82) is 0 Å². The van der Waals surface area contributed by atoms with Gasteiger partial charge in [-0.2, -0.15) is 0 Å². The second-order valence-corrected chi connectivity index (χ2v) is 10.1. The van der Waals surface area contributed by atoms with Gasteiger partial charge in [0, 0.05) is 23.6 Å². The number of fused-ring (bicyclic) bond motifs is 13. The third kappa shape index (κ3) is 1.94. The Hall–Kier alpha value is -4.10. The highest BCUT2D eigenvalue weighted by Crippen LogP contribution is 2.49. The van der Waals surface area contributed by atoms with Crippen molar-refractivity contribution < 1.29 is 0 Å². The summed E-state index contributed by atoms with van der Waals surface area (Å²) in [5, 5.41) is 2.86. The number of aromatic nitrogens is 1. The molecule has 0 saturated carbocycles. The van der Waals surface area contributed by atoms with Crippen LogP contribution >= 0.6 is 0 Å². The number of nitrogens with zero attached hydrogens (tertiary/aromatic N) is 1. The van der Waals surface area contributed by atoms with Crippen molar-refractivity contribution in [2.45, 2.75) is 19.3 Å². The van der Waals surface area contributed by atoms with E-state index < -0.39 is 0 Å². The maximum absolute atomic E-state index is 2.62. The first-order chi connectivity index (χ1) is 16.9. The monoisotopic (exact) mass is 431 g/mol. The van der Waals surface area contributed by atoms with Gasteiger partial charge in [-0.3, -0.25) is 0 Å². The molecule has 1 aliphatic heterocycles. The highest BCUT2D eigenvalue weighted by Gasteiger charge is 2.31. The summed E-state index contributed by atoms with van der Waals surface area (Å²) in [5.41, 5.74) is 18.6. The second-order valence-electron chi connectivity index (χ2n) is 10.1. The van der Waals surface area contributed by atoms with Crippen LogP contribution in [0.5, 0.6) is 0 Å². The molecule has 1 aromatic heterocycles. The average molecular weight is 432 g/mol. The Morgan fingerprint density at radius 3 is 1.97 bits per heavy atom. The van der Waals surface area contributed by atoms with E-state index in [1.807, 2.05) is 0 Å². The molecule has 0 atom stereocenters.